The molecule has 1 aromatic rings. The number of piperidine rings is 1. The highest BCUT2D eigenvalue weighted by Gasteiger charge is 2.48. The normalized spacial score (nSPS) is 21.3. The van der Waals surface area contributed by atoms with E-state index in [2.05, 4.69) is 4.18 Å². The lowest BCUT2D eigenvalue weighted by molar-refractivity contribution is -0.0500. The summed E-state index contributed by atoms with van der Waals surface area (Å²) in [5.74, 6) is -0.853. The Morgan fingerprint density at radius 2 is 1.75 bits per heavy atom. The van der Waals surface area contributed by atoms with E-state index in [9.17, 15) is 31.5 Å². The monoisotopic (exact) mass is 425 g/mol. The van der Waals surface area contributed by atoms with Crippen molar-refractivity contribution in [2.24, 2.45) is 0 Å². The van der Waals surface area contributed by atoms with Crippen LogP contribution < -0.4 is 4.18 Å². The van der Waals surface area contributed by atoms with Crippen LogP contribution in [0.4, 0.5) is 18.0 Å². The van der Waals surface area contributed by atoms with Gasteiger partial charge in [-0.1, -0.05) is 12.1 Å². The minimum atomic E-state index is -5.74. The molecule has 0 aromatic heterocycles. The quantitative estimate of drug-likeness (QED) is 0.591. The number of nitrogens with zero attached hydrogens (tertiary/aromatic N) is 1. The highest BCUT2D eigenvalue weighted by atomic mass is 32.2. The second-order valence-electron chi connectivity index (χ2n) is 7.44. The third-order valence-corrected chi connectivity index (χ3v) is 5.01. The Hall–Kier alpha value is -2.01. The largest absolute Gasteiger partial charge is 0.534 e. The molecule has 1 aromatic carbocycles. The molecule has 2 atom stereocenters. The lowest BCUT2D eigenvalue weighted by Gasteiger charge is -2.36. The standard InChI is InChI=1S/C17H22F3NO6S/c1-16(2,3)26-15(23)21-9-8-13(14(22)10-21)11-4-6-12(7-5-11)27-28(24,25)17(18,19)20/h4-7,13-14,22H,8-10H2,1-3H3. The van der Waals surface area contributed by atoms with Crippen LogP contribution in [0.3, 0.4) is 0 Å². The molecule has 0 radical (unpaired) electrons. The summed E-state index contributed by atoms with van der Waals surface area (Å²) in [5.41, 5.74) is -5.59. The molecule has 11 heteroatoms. The van der Waals surface area contributed by atoms with Gasteiger partial charge in [-0.15, -0.1) is 0 Å². The Kier molecular flexibility index (Phi) is 6.19. The number of hydrogen-bond donors (Lipinski definition) is 1. The zero-order valence-corrected chi connectivity index (χ0v) is 16.4. The van der Waals surface area contributed by atoms with Crippen LogP contribution in [0.15, 0.2) is 24.3 Å². The lowest BCUT2D eigenvalue weighted by atomic mass is 9.87. The first kappa shape index (κ1) is 22.3. The van der Waals surface area contributed by atoms with Crippen molar-refractivity contribution in [2.75, 3.05) is 13.1 Å². The highest BCUT2D eigenvalue weighted by Crippen LogP contribution is 2.32. The third kappa shape index (κ3) is 5.51. The number of carbonyl (C=O) groups excluding carboxylic acids is 1. The second-order valence-corrected chi connectivity index (χ2v) is 8.98. The summed E-state index contributed by atoms with van der Waals surface area (Å²) >= 11 is 0. The van der Waals surface area contributed by atoms with Gasteiger partial charge in [-0.2, -0.15) is 21.6 Å². The van der Waals surface area contributed by atoms with Crippen molar-refractivity contribution in [1.29, 1.82) is 0 Å². The fourth-order valence-corrected chi connectivity index (χ4v) is 3.22. The fourth-order valence-electron chi connectivity index (χ4n) is 2.76. The molecule has 1 N–H and O–H groups in total. The molecule has 1 aliphatic heterocycles. The molecule has 158 valence electrons. The first-order valence-corrected chi connectivity index (χ1v) is 9.87. The third-order valence-electron chi connectivity index (χ3n) is 4.03. The maximum absolute atomic E-state index is 12.4. The molecule has 1 amide bonds. The maximum Gasteiger partial charge on any atom is 0.534 e. The van der Waals surface area contributed by atoms with E-state index in [1.807, 2.05) is 0 Å². The molecule has 1 heterocycles. The number of halogens is 3. The number of amides is 1. The maximum atomic E-state index is 12.4. The Labute approximate surface area is 161 Å². The smallest absolute Gasteiger partial charge is 0.444 e. The summed E-state index contributed by atoms with van der Waals surface area (Å²) in [5, 5.41) is 10.4. The van der Waals surface area contributed by atoms with E-state index in [1.165, 1.54) is 17.0 Å². The minimum absolute atomic E-state index is 0.0419. The van der Waals surface area contributed by atoms with Gasteiger partial charge in [0.2, 0.25) is 0 Å². The molecule has 0 saturated carbocycles. The van der Waals surface area contributed by atoms with Crippen LogP contribution in [0, 0.1) is 0 Å². The number of alkyl halides is 3. The van der Waals surface area contributed by atoms with Crippen LogP contribution in [-0.4, -0.2) is 54.8 Å². The summed E-state index contributed by atoms with van der Waals surface area (Å²) in [6.07, 6.45) is -1.04. The molecule has 1 aliphatic rings. The van der Waals surface area contributed by atoms with E-state index < -0.39 is 39.2 Å². The van der Waals surface area contributed by atoms with Crippen molar-refractivity contribution in [3.05, 3.63) is 29.8 Å². The number of hydrogen-bond acceptors (Lipinski definition) is 6. The van der Waals surface area contributed by atoms with Gasteiger partial charge in [0.1, 0.15) is 11.4 Å². The van der Waals surface area contributed by atoms with Crippen molar-refractivity contribution >= 4 is 16.2 Å². The van der Waals surface area contributed by atoms with Crippen molar-refractivity contribution in [2.45, 2.75) is 50.3 Å². The molecule has 2 unspecified atom stereocenters. The van der Waals surface area contributed by atoms with Gasteiger partial charge >= 0.3 is 21.7 Å². The van der Waals surface area contributed by atoms with Crippen molar-refractivity contribution in [1.82, 2.24) is 4.90 Å². The fraction of sp³-hybridized carbons (Fsp3) is 0.588. The molecule has 2 rings (SSSR count). The number of aliphatic hydroxyl groups is 1. The Bertz CT molecular complexity index is 802. The summed E-state index contributed by atoms with van der Waals surface area (Å²) in [7, 11) is -5.74. The molecule has 1 saturated heterocycles. The Balaban J connectivity index is 2.03. The van der Waals surface area contributed by atoms with Gasteiger partial charge in [-0.25, -0.2) is 4.79 Å². The van der Waals surface area contributed by atoms with Crippen LogP contribution in [-0.2, 0) is 14.9 Å². The van der Waals surface area contributed by atoms with Crippen molar-refractivity contribution < 1.29 is 40.4 Å². The first-order valence-electron chi connectivity index (χ1n) is 8.46. The SMILES string of the molecule is CC(C)(C)OC(=O)N1CCC(c2ccc(OS(=O)(=O)C(F)(F)F)cc2)C(O)C1. The molecule has 0 spiro atoms. The second kappa shape index (κ2) is 7.78. The van der Waals surface area contributed by atoms with Gasteiger partial charge in [0.25, 0.3) is 0 Å². The molecule has 7 nitrogen and oxygen atoms in total. The van der Waals surface area contributed by atoms with E-state index >= 15 is 0 Å². The van der Waals surface area contributed by atoms with Crippen molar-refractivity contribution in [3.8, 4) is 5.75 Å². The topological polar surface area (TPSA) is 93.1 Å². The number of ether oxygens (including phenoxy) is 1. The van der Waals surface area contributed by atoms with Crippen LogP contribution >= 0.6 is 0 Å². The molecule has 0 bridgehead atoms. The Morgan fingerprint density at radius 3 is 2.21 bits per heavy atom. The summed E-state index contributed by atoms with van der Waals surface area (Å²) in [6.45, 7) is 5.57. The van der Waals surface area contributed by atoms with Crippen LogP contribution in [0.1, 0.15) is 38.7 Å². The summed E-state index contributed by atoms with van der Waals surface area (Å²) in [4.78, 5) is 13.5. The van der Waals surface area contributed by atoms with E-state index in [0.717, 1.165) is 12.1 Å². The van der Waals surface area contributed by atoms with E-state index in [4.69, 9.17) is 4.74 Å². The Morgan fingerprint density at radius 1 is 1.18 bits per heavy atom. The molecule has 1 fully saturated rings. The minimum Gasteiger partial charge on any atom is -0.444 e. The highest BCUT2D eigenvalue weighted by molar-refractivity contribution is 7.88. The van der Waals surface area contributed by atoms with E-state index in [1.54, 1.807) is 20.8 Å². The summed E-state index contributed by atoms with van der Waals surface area (Å²) < 4.78 is 68.4. The van der Waals surface area contributed by atoms with Crippen LogP contribution in [0.5, 0.6) is 5.75 Å². The number of aliphatic hydroxyl groups excluding tert-OH is 1. The van der Waals surface area contributed by atoms with Gasteiger partial charge in [0.15, 0.2) is 0 Å². The van der Waals surface area contributed by atoms with E-state index in [0.29, 0.717) is 18.5 Å². The molecular formula is C17H22F3NO6S. The predicted octanol–water partition coefficient (Wildman–Crippen LogP) is 3.00. The average Bonchev–Trinajstić information content (AvgIpc) is 2.52. The summed E-state index contributed by atoms with van der Waals surface area (Å²) in [6, 6.07) is 4.95. The number of carbonyl (C=O) groups is 1. The average molecular weight is 425 g/mol. The van der Waals surface area contributed by atoms with Gasteiger partial charge in [-0.05, 0) is 44.9 Å². The van der Waals surface area contributed by atoms with Gasteiger partial charge in [-0.3, -0.25) is 0 Å². The van der Waals surface area contributed by atoms with Gasteiger partial charge in [0.05, 0.1) is 12.6 Å². The number of β-amino-alcohol motifs (C(OH)–C–C–N with tert-alkyl or cyclic N) is 1. The predicted molar refractivity (Wildman–Crippen MR) is 93.2 cm³/mol. The zero-order valence-electron chi connectivity index (χ0n) is 15.6. The number of benzene rings is 1. The number of rotatable bonds is 3. The van der Waals surface area contributed by atoms with Gasteiger partial charge in [0, 0.05) is 12.5 Å². The van der Waals surface area contributed by atoms with Crippen molar-refractivity contribution in [3.63, 3.8) is 0 Å². The zero-order chi connectivity index (χ0) is 21.3. The van der Waals surface area contributed by atoms with Crippen LogP contribution in [0.2, 0.25) is 0 Å². The molecular weight excluding hydrogens is 403 g/mol. The number of likely N-dealkylation sites (tertiary alicyclic amines) is 1. The van der Waals surface area contributed by atoms with Crippen LogP contribution in [0.25, 0.3) is 0 Å². The first-order chi connectivity index (χ1) is 12.7. The van der Waals surface area contributed by atoms with E-state index in [-0.39, 0.29) is 12.5 Å². The lowest BCUT2D eigenvalue weighted by Crippen LogP contribution is -2.47. The molecule has 0 aliphatic carbocycles. The molecule has 28 heavy (non-hydrogen) atoms. The van der Waals surface area contributed by atoms with Gasteiger partial charge < -0.3 is 18.9 Å².